The fourth-order valence-corrected chi connectivity index (χ4v) is 2.65. The van der Waals surface area contributed by atoms with Crippen molar-refractivity contribution >= 4 is 23.9 Å². The van der Waals surface area contributed by atoms with Crippen LogP contribution < -0.4 is 31.3 Å². The molecule has 1 atom stereocenters. The summed E-state index contributed by atoms with van der Waals surface area (Å²) in [6.45, 7) is 5.68. The van der Waals surface area contributed by atoms with Gasteiger partial charge in [0, 0.05) is 32.2 Å². The molecule has 1 aromatic carbocycles. The number of carboxylic acids is 1. The van der Waals surface area contributed by atoms with Gasteiger partial charge in [0.1, 0.15) is 24.1 Å². The smallest absolute Gasteiger partial charge is 0.328 e. The van der Waals surface area contributed by atoms with Gasteiger partial charge in [0.05, 0.1) is 12.1 Å². The van der Waals surface area contributed by atoms with Crippen LogP contribution >= 0.6 is 0 Å². The second kappa shape index (κ2) is 12.7. The van der Waals surface area contributed by atoms with Gasteiger partial charge in [0.15, 0.2) is 5.96 Å². The van der Waals surface area contributed by atoms with E-state index in [9.17, 15) is 24.6 Å². The standard InChI is InChI=1S/C20H28N6O6/c1-2-6-24-20(31)26-15(18(29)30)12-25-17(28)14-5-4-13(11-16(14)27)32-10-9-23-19-21-7-3-8-22-19/h2,4-5,11,15,27H,1,3,6-10,12H2,(H,25,28)(H,29,30)(H2,21,22,23)(H2,24,26,31)/t15-/m0/s1. The van der Waals surface area contributed by atoms with Crippen molar-refractivity contribution in [3.63, 3.8) is 0 Å². The first kappa shape index (κ1) is 24.3. The number of aromatic hydroxyl groups is 1. The Morgan fingerprint density at radius 1 is 1.31 bits per heavy atom. The van der Waals surface area contributed by atoms with Crippen LogP contribution in [0.4, 0.5) is 4.79 Å². The van der Waals surface area contributed by atoms with Gasteiger partial charge in [0.2, 0.25) is 0 Å². The maximum atomic E-state index is 12.3. The van der Waals surface area contributed by atoms with Crippen molar-refractivity contribution in [2.75, 3.05) is 39.3 Å². The number of ether oxygens (including phenoxy) is 1. The molecule has 0 saturated carbocycles. The summed E-state index contributed by atoms with van der Waals surface area (Å²) < 4.78 is 5.54. The summed E-state index contributed by atoms with van der Waals surface area (Å²) >= 11 is 0. The molecule has 1 aliphatic rings. The molecule has 1 heterocycles. The van der Waals surface area contributed by atoms with Crippen LogP contribution in [0, 0.1) is 0 Å². The van der Waals surface area contributed by atoms with Crippen molar-refractivity contribution in [2.45, 2.75) is 12.5 Å². The predicted octanol–water partition coefficient (Wildman–Crippen LogP) is -0.622. The quantitative estimate of drug-likeness (QED) is 0.173. The van der Waals surface area contributed by atoms with Gasteiger partial charge in [-0.2, -0.15) is 0 Å². The van der Waals surface area contributed by atoms with Crippen LogP contribution in [0.25, 0.3) is 0 Å². The summed E-state index contributed by atoms with van der Waals surface area (Å²) in [4.78, 5) is 39.5. The summed E-state index contributed by atoms with van der Waals surface area (Å²) in [6, 6.07) is 2.10. The summed E-state index contributed by atoms with van der Waals surface area (Å²) in [5, 5.41) is 32.6. The van der Waals surface area contributed by atoms with Crippen molar-refractivity contribution in [2.24, 2.45) is 4.99 Å². The van der Waals surface area contributed by atoms with E-state index in [4.69, 9.17) is 4.74 Å². The van der Waals surface area contributed by atoms with Crippen LogP contribution in [0.1, 0.15) is 16.8 Å². The van der Waals surface area contributed by atoms with Gasteiger partial charge in [0.25, 0.3) is 5.91 Å². The normalized spacial score (nSPS) is 13.6. The number of guanidine groups is 1. The van der Waals surface area contributed by atoms with Gasteiger partial charge in [-0.25, -0.2) is 9.59 Å². The molecule has 7 N–H and O–H groups in total. The van der Waals surface area contributed by atoms with Crippen molar-refractivity contribution < 1.29 is 29.3 Å². The molecule has 2 rings (SSSR count). The Hall–Kier alpha value is -3.96. The van der Waals surface area contributed by atoms with E-state index < -0.39 is 23.9 Å². The van der Waals surface area contributed by atoms with E-state index >= 15 is 0 Å². The van der Waals surface area contributed by atoms with Crippen molar-refractivity contribution in [3.8, 4) is 11.5 Å². The maximum Gasteiger partial charge on any atom is 0.328 e. The number of carboxylic acid groups (broad SMARTS) is 1. The van der Waals surface area contributed by atoms with Gasteiger partial charge >= 0.3 is 12.0 Å². The highest BCUT2D eigenvalue weighted by Gasteiger charge is 2.21. The summed E-state index contributed by atoms with van der Waals surface area (Å²) in [5.74, 6) is -1.26. The number of nitrogens with one attached hydrogen (secondary N) is 5. The Labute approximate surface area is 185 Å². The Balaban J connectivity index is 1.82. The van der Waals surface area contributed by atoms with Gasteiger partial charge in [-0.3, -0.25) is 9.79 Å². The highest BCUT2D eigenvalue weighted by atomic mass is 16.5. The van der Waals surface area contributed by atoms with Crippen LogP contribution in [0.2, 0.25) is 0 Å². The van der Waals surface area contributed by atoms with E-state index in [1.54, 1.807) is 0 Å². The molecule has 0 bridgehead atoms. The van der Waals surface area contributed by atoms with Crippen molar-refractivity contribution in [1.29, 1.82) is 0 Å². The molecule has 12 heteroatoms. The van der Waals surface area contributed by atoms with Crippen LogP contribution in [0.5, 0.6) is 11.5 Å². The number of aliphatic carboxylic acids is 1. The molecule has 12 nitrogen and oxygen atoms in total. The third-order valence-corrected chi connectivity index (χ3v) is 4.25. The number of hydrogen-bond donors (Lipinski definition) is 7. The Bertz CT molecular complexity index is 859. The lowest BCUT2D eigenvalue weighted by atomic mass is 10.1. The Morgan fingerprint density at radius 3 is 2.78 bits per heavy atom. The molecule has 174 valence electrons. The summed E-state index contributed by atoms with van der Waals surface area (Å²) in [5.41, 5.74) is -0.0588. The number of amides is 3. The number of phenols is 1. The van der Waals surface area contributed by atoms with Gasteiger partial charge in [-0.15, -0.1) is 6.58 Å². The molecule has 3 amide bonds. The lowest BCUT2D eigenvalue weighted by Gasteiger charge is -2.16. The molecular weight excluding hydrogens is 420 g/mol. The minimum atomic E-state index is -1.36. The van der Waals surface area contributed by atoms with E-state index in [0.29, 0.717) is 18.9 Å². The molecular formula is C20H28N6O6. The SMILES string of the molecule is C=CCNC(=O)N[C@@H](CNC(=O)c1ccc(OCCNC2=NCCCN2)cc1O)C(=O)O. The second-order valence-electron chi connectivity index (χ2n) is 6.71. The first-order chi connectivity index (χ1) is 15.4. The molecule has 0 radical (unpaired) electrons. The molecule has 0 unspecified atom stereocenters. The molecule has 0 spiro atoms. The lowest BCUT2D eigenvalue weighted by molar-refractivity contribution is -0.139. The Morgan fingerprint density at radius 2 is 2.12 bits per heavy atom. The molecule has 1 aliphatic heterocycles. The van der Waals surface area contributed by atoms with E-state index in [-0.39, 0.29) is 24.4 Å². The number of carbonyl (C=O) groups excluding carboxylic acids is 2. The first-order valence-corrected chi connectivity index (χ1v) is 10.0. The topological polar surface area (TPSA) is 173 Å². The third kappa shape index (κ3) is 8.05. The van der Waals surface area contributed by atoms with Crippen LogP contribution in [0.15, 0.2) is 35.8 Å². The van der Waals surface area contributed by atoms with Crippen LogP contribution in [-0.2, 0) is 4.79 Å². The minimum absolute atomic E-state index is 0.0588. The van der Waals surface area contributed by atoms with E-state index in [0.717, 1.165) is 25.5 Å². The number of carbonyl (C=O) groups is 3. The summed E-state index contributed by atoms with van der Waals surface area (Å²) in [6.07, 6.45) is 2.44. The zero-order valence-electron chi connectivity index (χ0n) is 17.5. The minimum Gasteiger partial charge on any atom is -0.507 e. The highest BCUT2D eigenvalue weighted by Crippen LogP contribution is 2.23. The van der Waals surface area contributed by atoms with Crippen LogP contribution in [-0.4, -0.2) is 79.5 Å². The fourth-order valence-electron chi connectivity index (χ4n) is 2.65. The number of benzene rings is 1. The average molecular weight is 448 g/mol. The van der Waals surface area contributed by atoms with Crippen molar-refractivity contribution in [3.05, 3.63) is 36.4 Å². The average Bonchev–Trinajstić information content (AvgIpc) is 2.78. The van der Waals surface area contributed by atoms with Gasteiger partial charge < -0.3 is 41.5 Å². The number of urea groups is 1. The van der Waals surface area contributed by atoms with Crippen LogP contribution in [0.3, 0.4) is 0 Å². The number of rotatable bonds is 11. The number of nitrogens with zero attached hydrogens (tertiary/aromatic N) is 1. The molecule has 0 aromatic heterocycles. The zero-order valence-corrected chi connectivity index (χ0v) is 17.5. The third-order valence-electron chi connectivity index (χ3n) is 4.25. The summed E-state index contributed by atoms with van der Waals surface area (Å²) in [7, 11) is 0. The lowest BCUT2D eigenvalue weighted by Crippen LogP contribution is -2.51. The van der Waals surface area contributed by atoms with Crippen molar-refractivity contribution in [1.82, 2.24) is 26.6 Å². The number of phenolic OH excluding ortho intramolecular Hbond substituents is 1. The fraction of sp³-hybridized carbons (Fsp3) is 0.400. The first-order valence-electron chi connectivity index (χ1n) is 10.0. The van der Waals surface area contributed by atoms with Gasteiger partial charge in [-0.1, -0.05) is 6.08 Å². The number of aliphatic imine (C=N–C) groups is 1. The monoisotopic (exact) mass is 448 g/mol. The number of hydrogen-bond acceptors (Lipinski definition) is 8. The molecule has 0 fully saturated rings. The van der Waals surface area contributed by atoms with Gasteiger partial charge in [-0.05, 0) is 18.6 Å². The van der Waals surface area contributed by atoms with E-state index in [1.807, 2.05) is 0 Å². The largest absolute Gasteiger partial charge is 0.507 e. The van der Waals surface area contributed by atoms with E-state index in [2.05, 4.69) is 38.2 Å². The highest BCUT2D eigenvalue weighted by molar-refractivity contribution is 5.97. The second-order valence-corrected chi connectivity index (χ2v) is 6.71. The molecule has 0 aliphatic carbocycles. The molecule has 32 heavy (non-hydrogen) atoms. The van der Waals surface area contributed by atoms with E-state index in [1.165, 1.54) is 24.3 Å². The molecule has 1 aromatic rings. The Kier molecular flexibility index (Phi) is 9.63. The molecule has 0 saturated heterocycles. The maximum absolute atomic E-state index is 12.3. The zero-order chi connectivity index (χ0) is 23.3. The predicted molar refractivity (Wildman–Crippen MR) is 117 cm³/mol.